The summed E-state index contributed by atoms with van der Waals surface area (Å²) >= 11 is 0. The third-order valence-electron chi connectivity index (χ3n) is 3.17. The van der Waals surface area contributed by atoms with Crippen LogP contribution >= 0.6 is 0 Å². The van der Waals surface area contributed by atoms with Gasteiger partial charge in [-0.05, 0) is 24.3 Å². The van der Waals surface area contributed by atoms with Crippen LogP contribution < -0.4 is 9.64 Å². The van der Waals surface area contributed by atoms with Gasteiger partial charge in [-0.25, -0.2) is 13.3 Å². The smallest absolute Gasteiger partial charge is 0.119 e. The molecule has 100 valence electrons. The molecule has 2 rings (SSSR count). The van der Waals surface area contributed by atoms with Gasteiger partial charge >= 0.3 is 0 Å². The van der Waals surface area contributed by atoms with Crippen LogP contribution in [0.25, 0.3) is 0 Å². The van der Waals surface area contributed by atoms with Crippen LogP contribution in [0.5, 0.6) is 5.75 Å². The molecule has 1 heterocycles. The number of methoxy groups -OCH3 is 1. The molecule has 1 unspecified atom stereocenters. The maximum Gasteiger partial charge on any atom is 0.119 e. The summed E-state index contributed by atoms with van der Waals surface area (Å²) in [5.41, 5.74) is 1.14. The standard InChI is InChI=1S/C12H19N3O2S/c1-17-12-5-3-11(4-6-12)14-7-9-15(10-8-14)18(2,13)16/h3-6,13H,7-10H2,1-2H3. The minimum atomic E-state index is -2.56. The number of anilines is 1. The molecule has 5 nitrogen and oxygen atoms in total. The van der Waals surface area contributed by atoms with E-state index in [0.29, 0.717) is 13.1 Å². The lowest BCUT2D eigenvalue weighted by atomic mass is 10.2. The summed E-state index contributed by atoms with van der Waals surface area (Å²) in [5, 5.41) is 0. The summed E-state index contributed by atoms with van der Waals surface area (Å²) in [6, 6.07) is 7.93. The highest BCUT2D eigenvalue weighted by Crippen LogP contribution is 2.20. The Hall–Kier alpha value is -1.27. The van der Waals surface area contributed by atoms with E-state index >= 15 is 0 Å². The number of nitrogens with one attached hydrogen (secondary N) is 1. The van der Waals surface area contributed by atoms with E-state index in [-0.39, 0.29) is 0 Å². The van der Waals surface area contributed by atoms with Gasteiger partial charge in [0.05, 0.1) is 7.11 Å². The van der Waals surface area contributed by atoms with Crippen LogP contribution in [0.2, 0.25) is 0 Å². The zero-order valence-electron chi connectivity index (χ0n) is 10.8. The molecule has 0 aromatic heterocycles. The number of hydrogen-bond donors (Lipinski definition) is 1. The number of rotatable bonds is 3. The van der Waals surface area contributed by atoms with Crippen molar-refractivity contribution in [3.63, 3.8) is 0 Å². The molecule has 6 heteroatoms. The Balaban J connectivity index is 2.01. The summed E-state index contributed by atoms with van der Waals surface area (Å²) in [4.78, 5) is 2.24. The zero-order valence-corrected chi connectivity index (χ0v) is 11.6. The minimum Gasteiger partial charge on any atom is -0.497 e. The van der Waals surface area contributed by atoms with E-state index in [2.05, 4.69) is 4.90 Å². The number of benzene rings is 1. The molecule has 0 spiro atoms. The van der Waals surface area contributed by atoms with E-state index in [1.54, 1.807) is 11.4 Å². The van der Waals surface area contributed by atoms with Gasteiger partial charge in [-0.2, -0.15) is 0 Å². The molecule has 1 aromatic carbocycles. The Morgan fingerprint density at radius 2 is 1.72 bits per heavy atom. The van der Waals surface area contributed by atoms with Crippen molar-refractivity contribution in [3.8, 4) is 5.75 Å². The van der Waals surface area contributed by atoms with Crippen LogP contribution in [0.4, 0.5) is 5.69 Å². The Morgan fingerprint density at radius 1 is 1.17 bits per heavy atom. The number of nitrogens with zero attached hydrogens (tertiary/aromatic N) is 2. The van der Waals surface area contributed by atoms with Crippen molar-refractivity contribution in [2.45, 2.75) is 0 Å². The lowest BCUT2D eigenvalue weighted by Gasteiger charge is -2.35. The maximum absolute atomic E-state index is 11.6. The quantitative estimate of drug-likeness (QED) is 0.902. The van der Waals surface area contributed by atoms with Crippen molar-refractivity contribution < 1.29 is 8.95 Å². The highest BCUT2D eigenvalue weighted by Gasteiger charge is 2.21. The predicted octanol–water partition coefficient (Wildman–Crippen LogP) is 1.41. The van der Waals surface area contributed by atoms with Crippen LogP contribution in [0.1, 0.15) is 0 Å². The zero-order chi connectivity index (χ0) is 13.2. The second kappa shape index (κ2) is 5.16. The molecule has 0 bridgehead atoms. The fraction of sp³-hybridized carbons (Fsp3) is 0.500. The Bertz CT molecular complexity index is 491. The van der Waals surface area contributed by atoms with Gasteiger partial charge in [0.25, 0.3) is 0 Å². The van der Waals surface area contributed by atoms with Gasteiger partial charge in [0.1, 0.15) is 15.7 Å². The van der Waals surface area contributed by atoms with Gasteiger partial charge in [0.2, 0.25) is 0 Å². The fourth-order valence-corrected chi connectivity index (χ4v) is 2.95. The van der Waals surface area contributed by atoms with E-state index in [0.717, 1.165) is 24.5 Å². The SMILES string of the molecule is COc1ccc(N2CCN(S(C)(=N)=O)CC2)cc1. The highest BCUT2D eigenvalue weighted by molar-refractivity contribution is 7.89. The second-order valence-electron chi connectivity index (χ2n) is 4.42. The molecule has 1 N–H and O–H groups in total. The van der Waals surface area contributed by atoms with Crippen LogP contribution in [0.15, 0.2) is 24.3 Å². The van der Waals surface area contributed by atoms with Crippen molar-refractivity contribution in [3.05, 3.63) is 24.3 Å². The molecular weight excluding hydrogens is 250 g/mol. The van der Waals surface area contributed by atoms with Crippen molar-refractivity contribution in [1.82, 2.24) is 4.31 Å². The first-order valence-corrected chi connectivity index (χ1v) is 7.81. The molecule has 1 aromatic rings. The molecule has 1 aliphatic heterocycles. The van der Waals surface area contributed by atoms with Crippen LogP contribution in [0.3, 0.4) is 0 Å². The summed E-state index contributed by atoms with van der Waals surface area (Å²) in [5.74, 6) is 0.847. The molecule has 0 amide bonds. The van der Waals surface area contributed by atoms with E-state index < -0.39 is 9.92 Å². The summed E-state index contributed by atoms with van der Waals surface area (Å²) in [6.45, 7) is 2.95. The first kappa shape index (κ1) is 13.2. The van der Waals surface area contributed by atoms with E-state index in [9.17, 15) is 4.21 Å². The number of hydrogen-bond acceptors (Lipinski definition) is 4. The van der Waals surface area contributed by atoms with E-state index in [4.69, 9.17) is 9.52 Å². The van der Waals surface area contributed by atoms with Gasteiger partial charge in [-0.1, -0.05) is 0 Å². The molecule has 1 saturated heterocycles. The Kier molecular flexibility index (Phi) is 3.77. The summed E-state index contributed by atoms with van der Waals surface area (Å²) < 4.78 is 26.1. The molecule has 0 saturated carbocycles. The first-order chi connectivity index (χ1) is 8.50. The lowest BCUT2D eigenvalue weighted by Crippen LogP contribution is -2.48. The second-order valence-corrected chi connectivity index (χ2v) is 6.54. The lowest BCUT2D eigenvalue weighted by molar-refractivity contribution is 0.405. The van der Waals surface area contributed by atoms with Crippen LogP contribution in [-0.4, -0.2) is 48.1 Å². The molecule has 1 fully saturated rings. The Morgan fingerprint density at radius 3 is 2.17 bits per heavy atom. The van der Waals surface area contributed by atoms with Crippen LogP contribution in [-0.2, 0) is 9.92 Å². The fourth-order valence-electron chi connectivity index (χ4n) is 2.09. The number of piperazine rings is 1. The van der Waals surface area contributed by atoms with Gasteiger partial charge < -0.3 is 9.64 Å². The third-order valence-corrected chi connectivity index (χ3v) is 4.52. The van der Waals surface area contributed by atoms with Crippen molar-refractivity contribution in [2.75, 3.05) is 44.4 Å². The minimum absolute atomic E-state index is 0.671. The Labute approximate surface area is 108 Å². The largest absolute Gasteiger partial charge is 0.497 e. The van der Waals surface area contributed by atoms with E-state index in [1.807, 2.05) is 24.3 Å². The third kappa shape index (κ3) is 2.94. The number of ether oxygens (including phenoxy) is 1. The average Bonchev–Trinajstić information content (AvgIpc) is 2.38. The van der Waals surface area contributed by atoms with Gasteiger partial charge in [0, 0.05) is 38.1 Å². The first-order valence-electron chi connectivity index (χ1n) is 5.88. The topological polar surface area (TPSA) is 56.6 Å². The molecule has 0 aliphatic carbocycles. The monoisotopic (exact) mass is 269 g/mol. The van der Waals surface area contributed by atoms with Crippen molar-refractivity contribution >= 4 is 15.6 Å². The van der Waals surface area contributed by atoms with Crippen molar-refractivity contribution in [2.24, 2.45) is 0 Å². The highest BCUT2D eigenvalue weighted by atomic mass is 32.2. The molecule has 0 radical (unpaired) electrons. The maximum atomic E-state index is 11.6. The summed E-state index contributed by atoms with van der Waals surface area (Å²) in [7, 11) is -0.903. The predicted molar refractivity (Wildman–Crippen MR) is 73.6 cm³/mol. The normalized spacial score (nSPS) is 20.4. The molecular formula is C12H19N3O2S. The molecule has 1 atom stereocenters. The van der Waals surface area contributed by atoms with E-state index in [1.165, 1.54) is 6.26 Å². The van der Waals surface area contributed by atoms with Gasteiger partial charge in [-0.15, -0.1) is 0 Å². The van der Waals surface area contributed by atoms with Gasteiger partial charge in [-0.3, -0.25) is 0 Å². The molecule has 18 heavy (non-hydrogen) atoms. The molecule has 1 aliphatic rings. The van der Waals surface area contributed by atoms with Crippen molar-refractivity contribution in [1.29, 1.82) is 4.78 Å². The average molecular weight is 269 g/mol. The van der Waals surface area contributed by atoms with Crippen LogP contribution in [0, 0.1) is 4.78 Å². The summed E-state index contributed by atoms with van der Waals surface area (Å²) in [6.07, 6.45) is 1.48. The van der Waals surface area contributed by atoms with Gasteiger partial charge in [0.15, 0.2) is 0 Å².